The first-order valence-corrected chi connectivity index (χ1v) is 5.89. The van der Waals surface area contributed by atoms with E-state index >= 15 is 0 Å². The predicted octanol–water partition coefficient (Wildman–Crippen LogP) is 1.45. The first kappa shape index (κ1) is 14.0. The summed E-state index contributed by atoms with van der Waals surface area (Å²) < 4.78 is 5.26. The topological polar surface area (TPSA) is 90.7 Å². The van der Waals surface area contributed by atoms with Crippen LogP contribution in [0.25, 0.3) is 0 Å². The lowest BCUT2D eigenvalue weighted by atomic mass is 10.0. The number of nitrogens with zero attached hydrogens (tertiary/aromatic N) is 1. The highest BCUT2D eigenvalue weighted by Gasteiger charge is 2.09. The van der Waals surface area contributed by atoms with Crippen molar-refractivity contribution in [1.29, 1.82) is 0 Å². The third kappa shape index (κ3) is 3.76. The largest absolute Gasteiger partial charge is 0.496 e. The number of carbonyl (C=O) groups is 1. The summed E-state index contributed by atoms with van der Waals surface area (Å²) in [6.45, 7) is 2.11. The fourth-order valence-electron chi connectivity index (χ4n) is 1.66. The molecule has 4 N–H and O–H groups in total. The van der Waals surface area contributed by atoms with Gasteiger partial charge in [-0.1, -0.05) is 13.3 Å². The zero-order chi connectivity index (χ0) is 13.5. The molecular formula is C13H19N3O2. The van der Waals surface area contributed by atoms with Gasteiger partial charge >= 0.3 is 0 Å². The average molecular weight is 249 g/mol. The molecular weight excluding hydrogens is 230 g/mol. The minimum absolute atomic E-state index is 0.231. The first-order chi connectivity index (χ1) is 8.58. The van der Waals surface area contributed by atoms with Crippen molar-refractivity contribution >= 4 is 11.9 Å². The molecule has 5 nitrogen and oxygen atoms in total. The highest BCUT2D eigenvalue weighted by atomic mass is 16.5. The maximum absolute atomic E-state index is 11.7. The van der Waals surface area contributed by atoms with Crippen LogP contribution in [0.1, 0.15) is 35.7 Å². The van der Waals surface area contributed by atoms with Gasteiger partial charge in [-0.3, -0.25) is 4.79 Å². The standard InChI is InChI=1S/C13H19N3O2/c1-3-4-5-9-8-10(6-7-11(9)18-2)12(17)16-13(14)15/h6-8H,3-5H2,1-2H3,(H4,14,15,16,17). The van der Waals surface area contributed by atoms with E-state index in [4.69, 9.17) is 16.2 Å². The summed E-state index contributed by atoms with van der Waals surface area (Å²) in [5.41, 5.74) is 11.8. The smallest absolute Gasteiger partial charge is 0.280 e. The molecule has 0 saturated carbocycles. The van der Waals surface area contributed by atoms with Crippen LogP contribution in [0.4, 0.5) is 0 Å². The highest BCUT2D eigenvalue weighted by molar-refractivity contribution is 6.02. The quantitative estimate of drug-likeness (QED) is 0.610. The van der Waals surface area contributed by atoms with Crippen molar-refractivity contribution in [3.8, 4) is 5.75 Å². The van der Waals surface area contributed by atoms with Crippen LogP contribution in [0.15, 0.2) is 23.2 Å². The molecule has 0 aliphatic rings. The van der Waals surface area contributed by atoms with Crippen molar-refractivity contribution in [1.82, 2.24) is 0 Å². The Hall–Kier alpha value is -2.04. The fraction of sp³-hybridized carbons (Fsp3) is 0.385. The molecule has 0 aromatic heterocycles. The van der Waals surface area contributed by atoms with Gasteiger partial charge in [0.1, 0.15) is 5.75 Å². The second kappa shape index (κ2) is 6.64. The number of ether oxygens (including phenoxy) is 1. The van der Waals surface area contributed by atoms with Gasteiger partial charge in [0.2, 0.25) is 0 Å². The maximum atomic E-state index is 11.7. The summed E-state index contributed by atoms with van der Waals surface area (Å²) in [4.78, 5) is 15.2. The van der Waals surface area contributed by atoms with Crippen molar-refractivity contribution in [3.63, 3.8) is 0 Å². The van der Waals surface area contributed by atoms with E-state index < -0.39 is 5.91 Å². The second-order valence-electron chi connectivity index (χ2n) is 3.97. The summed E-state index contributed by atoms with van der Waals surface area (Å²) in [5.74, 6) is 0.117. The molecule has 1 aromatic carbocycles. The highest BCUT2D eigenvalue weighted by Crippen LogP contribution is 2.22. The lowest BCUT2D eigenvalue weighted by Crippen LogP contribution is -2.24. The molecule has 98 valence electrons. The SMILES string of the molecule is CCCCc1cc(C(=O)N=C(N)N)ccc1OC. The van der Waals surface area contributed by atoms with Crippen molar-refractivity contribution in [2.45, 2.75) is 26.2 Å². The number of nitrogens with two attached hydrogens (primary N) is 2. The Morgan fingerprint density at radius 3 is 2.67 bits per heavy atom. The van der Waals surface area contributed by atoms with E-state index in [1.807, 2.05) is 0 Å². The number of unbranched alkanes of at least 4 members (excludes halogenated alkanes) is 1. The molecule has 0 bridgehead atoms. The van der Waals surface area contributed by atoms with Crippen LogP contribution >= 0.6 is 0 Å². The van der Waals surface area contributed by atoms with Gasteiger partial charge in [0.15, 0.2) is 5.96 Å². The summed E-state index contributed by atoms with van der Waals surface area (Å²) in [7, 11) is 1.61. The van der Waals surface area contributed by atoms with Crippen molar-refractivity contribution in [3.05, 3.63) is 29.3 Å². The number of hydrogen-bond donors (Lipinski definition) is 2. The molecule has 0 fully saturated rings. The van der Waals surface area contributed by atoms with Crippen molar-refractivity contribution < 1.29 is 9.53 Å². The van der Waals surface area contributed by atoms with Crippen LogP contribution < -0.4 is 16.2 Å². The van der Waals surface area contributed by atoms with Gasteiger partial charge < -0.3 is 16.2 Å². The second-order valence-corrected chi connectivity index (χ2v) is 3.97. The number of amides is 1. The molecule has 0 aliphatic heterocycles. The molecule has 0 heterocycles. The van der Waals surface area contributed by atoms with Crippen LogP contribution in [0.2, 0.25) is 0 Å². The van der Waals surface area contributed by atoms with Crippen LogP contribution in [-0.2, 0) is 6.42 Å². The van der Waals surface area contributed by atoms with E-state index in [1.54, 1.807) is 25.3 Å². The maximum Gasteiger partial charge on any atom is 0.280 e. The van der Waals surface area contributed by atoms with E-state index in [2.05, 4.69) is 11.9 Å². The van der Waals surface area contributed by atoms with E-state index in [9.17, 15) is 4.79 Å². The molecule has 1 aromatic rings. The zero-order valence-electron chi connectivity index (χ0n) is 10.8. The van der Waals surface area contributed by atoms with E-state index in [0.717, 1.165) is 30.6 Å². The zero-order valence-corrected chi connectivity index (χ0v) is 10.8. The van der Waals surface area contributed by atoms with Gasteiger partial charge in [-0.25, -0.2) is 0 Å². The Bertz CT molecular complexity index is 452. The van der Waals surface area contributed by atoms with Gasteiger partial charge in [-0.2, -0.15) is 4.99 Å². The first-order valence-electron chi connectivity index (χ1n) is 5.89. The lowest BCUT2D eigenvalue weighted by molar-refractivity contribution is 0.100. The Kier molecular flexibility index (Phi) is 5.17. The number of methoxy groups -OCH3 is 1. The predicted molar refractivity (Wildman–Crippen MR) is 71.7 cm³/mol. The summed E-state index contributed by atoms with van der Waals surface area (Å²) in [6, 6.07) is 5.20. The number of hydrogen-bond acceptors (Lipinski definition) is 2. The van der Waals surface area contributed by atoms with Crippen LogP contribution in [-0.4, -0.2) is 19.0 Å². The molecule has 0 spiro atoms. The number of rotatable bonds is 5. The number of aliphatic imine (C=N–C) groups is 1. The monoisotopic (exact) mass is 249 g/mol. The molecule has 1 rings (SSSR count). The van der Waals surface area contributed by atoms with Gasteiger partial charge in [-0.05, 0) is 36.6 Å². The van der Waals surface area contributed by atoms with Crippen LogP contribution in [0.3, 0.4) is 0 Å². The van der Waals surface area contributed by atoms with Gasteiger partial charge in [0.05, 0.1) is 7.11 Å². The van der Waals surface area contributed by atoms with E-state index in [0.29, 0.717) is 5.56 Å². The molecule has 0 aliphatic carbocycles. The number of aryl methyl sites for hydroxylation is 1. The Labute approximate surface area is 107 Å². The van der Waals surface area contributed by atoms with Gasteiger partial charge in [0, 0.05) is 5.56 Å². The van der Waals surface area contributed by atoms with Crippen LogP contribution in [0.5, 0.6) is 5.75 Å². The summed E-state index contributed by atoms with van der Waals surface area (Å²) >= 11 is 0. The van der Waals surface area contributed by atoms with E-state index in [-0.39, 0.29) is 5.96 Å². The fourth-order valence-corrected chi connectivity index (χ4v) is 1.66. The molecule has 18 heavy (non-hydrogen) atoms. The molecule has 0 atom stereocenters. The molecule has 0 unspecified atom stereocenters. The summed E-state index contributed by atoms with van der Waals surface area (Å²) in [6.07, 6.45) is 2.98. The molecule has 0 saturated heterocycles. The third-order valence-corrected chi connectivity index (χ3v) is 2.56. The van der Waals surface area contributed by atoms with Gasteiger partial charge in [0.25, 0.3) is 5.91 Å². The van der Waals surface area contributed by atoms with Crippen molar-refractivity contribution in [2.24, 2.45) is 16.5 Å². The normalized spacial score (nSPS) is 9.89. The minimum Gasteiger partial charge on any atom is -0.496 e. The Morgan fingerprint density at radius 1 is 1.39 bits per heavy atom. The molecule has 5 heteroatoms. The van der Waals surface area contributed by atoms with E-state index in [1.165, 1.54) is 0 Å². The lowest BCUT2D eigenvalue weighted by Gasteiger charge is -2.09. The number of carbonyl (C=O) groups excluding carboxylic acids is 1. The Morgan fingerprint density at radius 2 is 2.11 bits per heavy atom. The average Bonchev–Trinajstić information content (AvgIpc) is 2.35. The number of guanidine groups is 1. The summed E-state index contributed by atoms with van der Waals surface area (Å²) in [5, 5.41) is 0. The van der Waals surface area contributed by atoms with Crippen LogP contribution in [0, 0.1) is 0 Å². The molecule has 0 radical (unpaired) electrons. The molecule has 1 amide bonds. The van der Waals surface area contributed by atoms with Crippen molar-refractivity contribution in [2.75, 3.05) is 7.11 Å². The van der Waals surface area contributed by atoms with Gasteiger partial charge in [-0.15, -0.1) is 0 Å². The Balaban J connectivity index is 3.02. The minimum atomic E-state index is -0.435. The number of benzene rings is 1. The third-order valence-electron chi connectivity index (χ3n) is 2.56.